The van der Waals surface area contributed by atoms with Crippen LogP contribution < -0.4 is 9.47 Å². The Kier molecular flexibility index (Phi) is 4.63. The highest BCUT2D eigenvalue weighted by atomic mass is 35.5. The van der Waals surface area contributed by atoms with Crippen LogP contribution in [-0.4, -0.2) is 19.2 Å². The van der Waals surface area contributed by atoms with Gasteiger partial charge in [-0.2, -0.15) is 0 Å². The van der Waals surface area contributed by atoms with E-state index in [0.29, 0.717) is 27.3 Å². The van der Waals surface area contributed by atoms with Crippen LogP contribution in [0.4, 0.5) is 4.79 Å². The number of hydrogen-bond acceptors (Lipinski definition) is 5. The number of ether oxygens (including phenoxy) is 3. The summed E-state index contributed by atoms with van der Waals surface area (Å²) in [5, 5.41) is 1.74. The normalized spacial score (nSPS) is 19.2. The Bertz CT molecular complexity index is 1050. The van der Waals surface area contributed by atoms with Crippen LogP contribution in [0, 0.1) is 0 Å². The number of fused-ring (bicyclic) bond motifs is 6. The molecule has 2 bridgehead atoms. The van der Waals surface area contributed by atoms with E-state index in [2.05, 4.69) is 19.6 Å². The van der Waals surface area contributed by atoms with E-state index in [1.807, 2.05) is 0 Å². The van der Waals surface area contributed by atoms with Gasteiger partial charge in [0.05, 0.1) is 7.11 Å². The molecule has 6 heteroatoms. The predicted molar refractivity (Wildman–Crippen MR) is 106 cm³/mol. The van der Waals surface area contributed by atoms with Crippen molar-refractivity contribution in [1.29, 1.82) is 0 Å². The monoisotopic (exact) mass is 398 g/mol. The maximum absolute atomic E-state index is 12.1. The van der Waals surface area contributed by atoms with Crippen LogP contribution in [0.5, 0.6) is 11.5 Å². The fourth-order valence-corrected chi connectivity index (χ4v) is 4.53. The number of allylic oxidation sites excluding steroid dienone is 2. The zero-order valence-corrected chi connectivity index (χ0v) is 16.3. The van der Waals surface area contributed by atoms with Gasteiger partial charge in [0.25, 0.3) is 0 Å². The Labute approximate surface area is 167 Å². The van der Waals surface area contributed by atoms with E-state index >= 15 is 0 Å². The molecule has 0 N–H and O–H groups in total. The minimum atomic E-state index is -0.804. The third-order valence-electron chi connectivity index (χ3n) is 5.45. The molecule has 2 aliphatic rings. The number of methoxy groups -OCH3 is 1. The van der Waals surface area contributed by atoms with Crippen molar-refractivity contribution in [3.05, 3.63) is 58.7 Å². The van der Waals surface area contributed by atoms with Gasteiger partial charge in [-0.3, -0.25) is 0 Å². The second kappa shape index (κ2) is 6.99. The molecule has 0 heterocycles. The summed E-state index contributed by atoms with van der Waals surface area (Å²) in [6.07, 6.45) is 4.31. The summed E-state index contributed by atoms with van der Waals surface area (Å²) in [4.78, 5) is 24.0. The second-order valence-corrected chi connectivity index (χ2v) is 7.28. The number of rotatable bonds is 4. The van der Waals surface area contributed by atoms with Crippen LogP contribution in [0.1, 0.15) is 42.7 Å². The molecule has 0 radical (unpaired) electrons. The largest absolute Gasteiger partial charge is 0.513 e. The fraction of sp³-hybridized carbons (Fsp3) is 0.273. The molecule has 2 aromatic carbocycles. The van der Waals surface area contributed by atoms with E-state index < -0.39 is 12.1 Å². The van der Waals surface area contributed by atoms with Crippen molar-refractivity contribution in [2.75, 3.05) is 7.11 Å². The standard InChI is InChI=1S/C22H19ClO5/c1-4-11-8-12-9-15(11)19-18(12)21(28-22(25)26-3)16-10-13(23)6-7-14(16)20(19)27-17(24)5-2/h5-8,10,12,15H,2,4,9H2,1,3H3. The SMILES string of the molecule is C=CC(=O)Oc1c2c(c(OC(=O)OC)c3cc(Cl)ccc13)C1C=C(CC)C2C1. The van der Waals surface area contributed by atoms with Gasteiger partial charge in [0, 0.05) is 44.8 Å². The summed E-state index contributed by atoms with van der Waals surface area (Å²) in [6.45, 7) is 5.60. The maximum Gasteiger partial charge on any atom is 0.513 e. The third-order valence-corrected chi connectivity index (χ3v) is 5.69. The van der Waals surface area contributed by atoms with Gasteiger partial charge in [0.2, 0.25) is 0 Å². The summed E-state index contributed by atoms with van der Waals surface area (Å²) < 4.78 is 16.0. The molecule has 2 atom stereocenters. The van der Waals surface area contributed by atoms with E-state index in [1.165, 1.54) is 12.7 Å². The third kappa shape index (κ3) is 2.78. The zero-order chi connectivity index (χ0) is 20.0. The highest BCUT2D eigenvalue weighted by Gasteiger charge is 2.43. The fourth-order valence-electron chi connectivity index (χ4n) is 4.35. The van der Waals surface area contributed by atoms with Gasteiger partial charge in [0.1, 0.15) is 11.5 Å². The number of halogens is 1. The van der Waals surface area contributed by atoms with Gasteiger partial charge < -0.3 is 14.2 Å². The number of carbonyl (C=O) groups is 2. The smallest absolute Gasteiger partial charge is 0.437 e. The lowest BCUT2D eigenvalue weighted by molar-refractivity contribution is -0.128. The summed E-state index contributed by atoms with van der Waals surface area (Å²) in [7, 11) is 1.26. The first-order valence-electron chi connectivity index (χ1n) is 9.08. The summed E-state index contributed by atoms with van der Waals surface area (Å²) in [5.41, 5.74) is 3.05. The molecule has 0 amide bonds. The average molecular weight is 399 g/mol. The van der Waals surface area contributed by atoms with Gasteiger partial charge in [0.15, 0.2) is 0 Å². The molecule has 2 aliphatic carbocycles. The highest BCUT2D eigenvalue weighted by Crippen LogP contribution is 2.61. The van der Waals surface area contributed by atoms with Crippen LogP contribution in [0.3, 0.4) is 0 Å². The Morgan fingerprint density at radius 2 is 1.96 bits per heavy atom. The summed E-state index contributed by atoms with van der Waals surface area (Å²) >= 11 is 6.21. The van der Waals surface area contributed by atoms with E-state index in [-0.39, 0.29) is 11.8 Å². The molecule has 0 aromatic heterocycles. The molecule has 2 unspecified atom stereocenters. The molecule has 0 saturated heterocycles. The van der Waals surface area contributed by atoms with E-state index in [4.69, 9.17) is 25.8 Å². The second-order valence-electron chi connectivity index (χ2n) is 6.85. The zero-order valence-electron chi connectivity index (χ0n) is 15.6. The first kappa shape index (κ1) is 18.6. The number of esters is 1. The van der Waals surface area contributed by atoms with Crippen LogP contribution in [0.2, 0.25) is 5.02 Å². The summed E-state index contributed by atoms with van der Waals surface area (Å²) in [5.74, 6) is 0.564. The van der Waals surface area contributed by atoms with Gasteiger partial charge >= 0.3 is 12.1 Å². The van der Waals surface area contributed by atoms with Crippen molar-refractivity contribution < 1.29 is 23.8 Å². The molecule has 0 spiro atoms. The summed E-state index contributed by atoms with van der Waals surface area (Å²) in [6, 6.07) is 5.19. The molecule has 4 rings (SSSR count). The molecule has 5 nitrogen and oxygen atoms in total. The molecule has 2 aromatic rings. The molecule has 0 fully saturated rings. The van der Waals surface area contributed by atoms with E-state index in [1.54, 1.807) is 18.2 Å². The highest BCUT2D eigenvalue weighted by molar-refractivity contribution is 6.31. The number of carbonyl (C=O) groups excluding carboxylic acids is 2. The van der Waals surface area contributed by atoms with Crippen molar-refractivity contribution in [2.24, 2.45) is 0 Å². The predicted octanol–water partition coefficient (Wildman–Crippen LogP) is 5.65. The van der Waals surface area contributed by atoms with Gasteiger partial charge in [-0.15, -0.1) is 0 Å². The first-order chi connectivity index (χ1) is 13.5. The van der Waals surface area contributed by atoms with Crippen molar-refractivity contribution in [2.45, 2.75) is 31.6 Å². The van der Waals surface area contributed by atoms with Gasteiger partial charge in [-0.25, -0.2) is 9.59 Å². The maximum atomic E-state index is 12.1. The van der Waals surface area contributed by atoms with Crippen LogP contribution in [0.15, 0.2) is 42.5 Å². The van der Waals surface area contributed by atoms with Crippen molar-refractivity contribution in [3.8, 4) is 11.5 Å². The molecule has 28 heavy (non-hydrogen) atoms. The Hall–Kier alpha value is -2.79. The number of hydrogen-bond donors (Lipinski definition) is 0. The van der Waals surface area contributed by atoms with Gasteiger partial charge in [-0.1, -0.05) is 36.8 Å². The lowest BCUT2D eigenvalue weighted by Gasteiger charge is -2.24. The molecular weight excluding hydrogens is 380 g/mol. The minimum Gasteiger partial charge on any atom is -0.437 e. The van der Waals surface area contributed by atoms with Crippen molar-refractivity contribution in [3.63, 3.8) is 0 Å². The van der Waals surface area contributed by atoms with Crippen LogP contribution in [0.25, 0.3) is 10.8 Å². The lowest BCUT2D eigenvalue weighted by atomic mass is 9.86. The number of benzene rings is 2. The van der Waals surface area contributed by atoms with E-state index in [9.17, 15) is 9.59 Å². The Balaban J connectivity index is 2.05. The molecular formula is C22H19ClO5. The molecule has 0 aliphatic heterocycles. The van der Waals surface area contributed by atoms with Crippen LogP contribution >= 0.6 is 11.6 Å². The minimum absolute atomic E-state index is 0.0826. The lowest BCUT2D eigenvalue weighted by Crippen LogP contribution is -2.14. The first-order valence-corrected chi connectivity index (χ1v) is 9.45. The van der Waals surface area contributed by atoms with Crippen LogP contribution in [-0.2, 0) is 9.53 Å². The van der Waals surface area contributed by atoms with Crippen molar-refractivity contribution >= 4 is 34.5 Å². The topological polar surface area (TPSA) is 61.8 Å². The average Bonchev–Trinajstić information content (AvgIpc) is 3.28. The van der Waals surface area contributed by atoms with Crippen molar-refractivity contribution in [1.82, 2.24) is 0 Å². The van der Waals surface area contributed by atoms with E-state index in [0.717, 1.165) is 30.0 Å². The Morgan fingerprint density at radius 3 is 2.64 bits per heavy atom. The molecule has 0 saturated carbocycles. The van der Waals surface area contributed by atoms with Gasteiger partial charge in [-0.05, 0) is 31.0 Å². The quantitative estimate of drug-likeness (QED) is 0.219. The molecule has 144 valence electrons. The Morgan fingerprint density at radius 1 is 1.21 bits per heavy atom.